The Kier molecular flexibility index (Phi) is 4.38. The molecule has 0 aliphatic heterocycles. The first-order valence-electron chi connectivity index (χ1n) is 6.23. The van der Waals surface area contributed by atoms with Crippen molar-refractivity contribution >= 4 is 17.4 Å². The Morgan fingerprint density at radius 2 is 2.16 bits per heavy atom. The second-order valence-corrected chi connectivity index (χ2v) is 4.92. The fourth-order valence-electron chi connectivity index (χ4n) is 1.94. The number of hydrogen-bond acceptors (Lipinski definition) is 1. The summed E-state index contributed by atoms with van der Waals surface area (Å²) >= 11 is 5.85. The maximum atomic E-state index is 13.6. The molecule has 0 aliphatic carbocycles. The molecule has 2 aromatic rings. The number of hydrogen-bond donors (Lipinski definition) is 0. The van der Waals surface area contributed by atoms with E-state index < -0.39 is 0 Å². The number of carbonyl (C=O) groups is 1. The Balaban J connectivity index is 2.15. The molecular formula is C15H15ClFNO. The molecule has 0 radical (unpaired) electrons. The number of halogens is 2. The summed E-state index contributed by atoms with van der Waals surface area (Å²) in [4.78, 5) is 11.7. The van der Waals surface area contributed by atoms with Crippen molar-refractivity contribution in [2.45, 2.75) is 26.3 Å². The van der Waals surface area contributed by atoms with Crippen LogP contribution in [0.15, 0.2) is 36.7 Å². The van der Waals surface area contributed by atoms with E-state index in [4.69, 9.17) is 11.6 Å². The molecule has 2 nitrogen and oxygen atoms in total. The van der Waals surface area contributed by atoms with E-state index in [9.17, 15) is 9.18 Å². The van der Waals surface area contributed by atoms with Crippen LogP contribution < -0.4 is 0 Å². The van der Waals surface area contributed by atoms with E-state index in [1.807, 2.05) is 6.92 Å². The lowest BCUT2D eigenvalue weighted by atomic mass is 10.1. The molecule has 19 heavy (non-hydrogen) atoms. The van der Waals surface area contributed by atoms with Gasteiger partial charge in [0.25, 0.3) is 0 Å². The van der Waals surface area contributed by atoms with Gasteiger partial charge in [-0.2, -0.15) is 0 Å². The number of aromatic nitrogens is 1. The molecule has 4 heteroatoms. The van der Waals surface area contributed by atoms with Crippen LogP contribution in [0.25, 0.3) is 0 Å². The van der Waals surface area contributed by atoms with E-state index in [1.54, 1.807) is 29.1 Å². The van der Waals surface area contributed by atoms with E-state index in [-0.39, 0.29) is 11.6 Å². The van der Waals surface area contributed by atoms with Crippen LogP contribution in [-0.4, -0.2) is 10.4 Å². The quantitative estimate of drug-likeness (QED) is 0.748. The summed E-state index contributed by atoms with van der Waals surface area (Å²) < 4.78 is 15.4. The average molecular weight is 280 g/mol. The molecule has 0 fully saturated rings. The van der Waals surface area contributed by atoms with Gasteiger partial charge in [0.05, 0.1) is 0 Å². The van der Waals surface area contributed by atoms with Crippen LogP contribution in [0, 0.1) is 5.82 Å². The maximum absolute atomic E-state index is 13.6. The summed E-state index contributed by atoms with van der Waals surface area (Å²) in [5.74, 6) is -0.174. The first-order chi connectivity index (χ1) is 9.10. The van der Waals surface area contributed by atoms with E-state index in [2.05, 4.69) is 0 Å². The van der Waals surface area contributed by atoms with Crippen molar-refractivity contribution in [3.05, 3.63) is 58.6 Å². The van der Waals surface area contributed by atoms with Gasteiger partial charge in [-0.15, -0.1) is 0 Å². The molecule has 0 N–H and O–H groups in total. The van der Waals surface area contributed by atoms with Gasteiger partial charge >= 0.3 is 0 Å². The summed E-state index contributed by atoms with van der Waals surface area (Å²) in [6, 6.07) is 6.24. The molecule has 0 spiro atoms. The highest BCUT2D eigenvalue weighted by atomic mass is 35.5. The summed E-state index contributed by atoms with van der Waals surface area (Å²) in [7, 11) is 0. The van der Waals surface area contributed by atoms with Crippen LogP contribution in [0.3, 0.4) is 0 Å². The van der Waals surface area contributed by atoms with Gasteiger partial charge in [0.1, 0.15) is 5.82 Å². The van der Waals surface area contributed by atoms with Crippen molar-refractivity contribution in [2.24, 2.45) is 0 Å². The Morgan fingerprint density at radius 1 is 1.37 bits per heavy atom. The predicted octanol–water partition coefficient (Wildman–Crippen LogP) is 4.31. The molecule has 0 amide bonds. The van der Waals surface area contributed by atoms with Crippen LogP contribution in [0.1, 0.15) is 35.7 Å². The first-order valence-corrected chi connectivity index (χ1v) is 6.61. The van der Waals surface area contributed by atoms with E-state index in [0.717, 1.165) is 6.42 Å². The van der Waals surface area contributed by atoms with Crippen LogP contribution in [-0.2, 0) is 6.54 Å². The lowest BCUT2D eigenvalue weighted by molar-refractivity contribution is 0.0981. The fraction of sp³-hybridized carbons (Fsp3) is 0.267. The minimum Gasteiger partial charge on any atom is -0.349 e. The molecule has 0 unspecified atom stereocenters. The topological polar surface area (TPSA) is 22.0 Å². The third-order valence-electron chi connectivity index (χ3n) is 2.91. The molecular weight excluding hydrogens is 265 g/mol. The van der Waals surface area contributed by atoms with Crippen LogP contribution in [0.5, 0.6) is 0 Å². The number of nitrogens with zero attached hydrogens (tertiary/aromatic N) is 1. The van der Waals surface area contributed by atoms with Crippen molar-refractivity contribution in [2.75, 3.05) is 0 Å². The lowest BCUT2D eigenvalue weighted by Crippen LogP contribution is -2.00. The van der Waals surface area contributed by atoms with Crippen LogP contribution in [0.4, 0.5) is 4.39 Å². The molecule has 0 bridgehead atoms. The van der Waals surface area contributed by atoms with Gasteiger partial charge in [-0.3, -0.25) is 4.79 Å². The number of ketones is 1. The third kappa shape index (κ3) is 3.44. The van der Waals surface area contributed by atoms with Crippen molar-refractivity contribution in [1.29, 1.82) is 0 Å². The van der Waals surface area contributed by atoms with Gasteiger partial charge in [0, 0.05) is 41.5 Å². The SMILES string of the molecule is CCCC(=O)c1ccn(Cc2cc(Cl)ccc2F)c1. The molecule has 0 saturated heterocycles. The molecule has 0 saturated carbocycles. The normalized spacial score (nSPS) is 10.7. The van der Waals surface area contributed by atoms with E-state index in [0.29, 0.717) is 29.1 Å². The van der Waals surface area contributed by atoms with Gasteiger partial charge in [-0.05, 0) is 30.7 Å². The largest absolute Gasteiger partial charge is 0.349 e. The van der Waals surface area contributed by atoms with E-state index >= 15 is 0 Å². The molecule has 1 aromatic heterocycles. The van der Waals surface area contributed by atoms with Crippen LogP contribution in [0.2, 0.25) is 5.02 Å². The molecule has 100 valence electrons. The molecule has 1 heterocycles. The standard InChI is InChI=1S/C15H15ClFNO/c1-2-3-15(19)11-6-7-18(9-11)10-12-8-13(16)4-5-14(12)17/h4-9H,2-3,10H2,1H3. The van der Waals surface area contributed by atoms with Gasteiger partial charge in [-0.25, -0.2) is 4.39 Å². The monoisotopic (exact) mass is 279 g/mol. The number of rotatable bonds is 5. The van der Waals surface area contributed by atoms with Crippen molar-refractivity contribution in [3.63, 3.8) is 0 Å². The maximum Gasteiger partial charge on any atom is 0.164 e. The highest BCUT2D eigenvalue weighted by Gasteiger charge is 2.08. The molecule has 2 rings (SSSR count). The fourth-order valence-corrected chi connectivity index (χ4v) is 2.13. The van der Waals surface area contributed by atoms with E-state index in [1.165, 1.54) is 12.1 Å². The summed E-state index contributed by atoms with van der Waals surface area (Å²) in [6.07, 6.45) is 4.89. The zero-order chi connectivity index (χ0) is 13.8. The Morgan fingerprint density at radius 3 is 2.89 bits per heavy atom. The first kappa shape index (κ1) is 13.8. The van der Waals surface area contributed by atoms with Crippen molar-refractivity contribution in [1.82, 2.24) is 4.57 Å². The zero-order valence-corrected chi connectivity index (χ0v) is 11.5. The van der Waals surface area contributed by atoms with Gasteiger partial charge in [0.15, 0.2) is 5.78 Å². The summed E-state index contributed by atoms with van der Waals surface area (Å²) in [6.45, 7) is 2.34. The molecule has 1 aromatic carbocycles. The minimum absolute atomic E-state index is 0.118. The van der Waals surface area contributed by atoms with Gasteiger partial charge in [0.2, 0.25) is 0 Å². The number of carbonyl (C=O) groups excluding carboxylic acids is 1. The predicted molar refractivity (Wildman–Crippen MR) is 74.2 cm³/mol. The Bertz CT molecular complexity index is 592. The zero-order valence-electron chi connectivity index (χ0n) is 10.7. The Hall–Kier alpha value is -1.61. The number of benzene rings is 1. The Labute approximate surface area is 116 Å². The minimum atomic E-state index is -0.292. The highest BCUT2D eigenvalue weighted by molar-refractivity contribution is 6.30. The summed E-state index contributed by atoms with van der Waals surface area (Å²) in [5, 5.41) is 0.505. The second-order valence-electron chi connectivity index (χ2n) is 4.48. The number of Topliss-reactive ketones (excluding diaryl/α,β-unsaturated/α-hetero) is 1. The molecule has 0 atom stereocenters. The smallest absolute Gasteiger partial charge is 0.164 e. The lowest BCUT2D eigenvalue weighted by Gasteiger charge is -2.05. The third-order valence-corrected chi connectivity index (χ3v) is 3.15. The van der Waals surface area contributed by atoms with Crippen LogP contribution >= 0.6 is 11.6 Å². The van der Waals surface area contributed by atoms with Crippen molar-refractivity contribution in [3.8, 4) is 0 Å². The van der Waals surface area contributed by atoms with Gasteiger partial charge < -0.3 is 4.57 Å². The molecule has 0 aliphatic rings. The van der Waals surface area contributed by atoms with Gasteiger partial charge in [-0.1, -0.05) is 18.5 Å². The summed E-state index contributed by atoms with van der Waals surface area (Å²) in [5.41, 5.74) is 1.18. The second kappa shape index (κ2) is 6.02. The average Bonchev–Trinajstić information content (AvgIpc) is 2.83. The van der Waals surface area contributed by atoms with Crippen molar-refractivity contribution < 1.29 is 9.18 Å². The highest BCUT2D eigenvalue weighted by Crippen LogP contribution is 2.17.